The van der Waals surface area contributed by atoms with E-state index in [9.17, 15) is 10.1 Å². The number of nitrogens with zero attached hydrogens (tertiary/aromatic N) is 4. The van der Waals surface area contributed by atoms with Gasteiger partial charge in [0, 0.05) is 30.9 Å². The summed E-state index contributed by atoms with van der Waals surface area (Å²) in [6.07, 6.45) is 0. The molecule has 0 aliphatic rings. The maximum absolute atomic E-state index is 10.8. The summed E-state index contributed by atoms with van der Waals surface area (Å²) in [7, 11) is 0. The first-order valence-corrected chi connectivity index (χ1v) is 8.95. The maximum atomic E-state index is 10.8. The van der Waals surface area contributed by atoms with Gasteiger partial charge < -0.3 is 4.90 Å². The van der Waals surface area contributed by atoms with E-state index in [-0.39, 0.29) is 5.69 Å². The zero-order valence-electron chi connectivity index (χ0n) is 13.2. The Morgan fingerprint density at radius 1 is 1.04 bits per heavy atom. The lowest BCUT2D eigenvalue weighted by molar-refractivity contribution is -0.385. The molecule has 0 heterocycles. The third kappa shape index (κ3) is 4.39. The monoisotopic (exact) mass is 454 g/mol. The molecule has 0 aromatic heterocycles. The molecule has 0 unspecified atom stereocenters. The van der Waals surface area contributed by atoms with Crippen molar-refractivity contribution in [1.29, 1.82) is 0 Å². The van der Waals surface area contributed by atoms with E-state index in [4.69, 9.17) is 0 Å². The van der Waals surface area contributed by atoms with E-state index in [1.54, 1.807) is 0 Å². The first kappa shape index (κ1) is 18.5. The van der Waals surface area contributed by atoms with Crippen LogP contribution in [0.15, 0.2) is 55.6 Å². The van der Waals surface area contributed by atoms with Gasteiger partial charge >= 0.3 is 0 Å². The predicted molar refractivity (Wildman–Crippen MR) is 103 cm³/mol. The number of benzene rings is 2. The lowest BCUT2D eigenvalue weighted by Crippen LogP contribution is -2.21. The fourth-order valence-electron chi connectivity index (χ4n) is 2.18. The molecule has 0 atom stereocenters. The quantitative estimate of drug-likeness (QED) is 0.288. The van der Waals surface area contributed by atoms with Crippen molar-refractivity contribution in [3.8, 4) is 0 Å². The van der Waals surface area contributed by atoms with E-state index in [1.807, 2.05) is 24.3 Å². The number of non-ortho nitro benzene ring substituents is 1. The SMILES string of the molecule is CCN(CC)c1ccc(N=Nc2c(Br)cc([N+](=O)[O-])cc2Br)cc1. The summed E-state index contributed by atoms with van der Waals surface area (Å²) in [4.78, 5) is 12.6. The number of azo groups is 1. The summed E-state index contributed by atoms with van der Waals surface area (Å²) in [6, 6.07) is 10.6. The predicted octanol–water partition coefficient (Wildman–Crippen LogP) is 6.38. The third-order valence-electron chi connectivity index (χ3n) is 3.46. The zero-order valence-corrected chi connectivity index (χ0v) is 16.4. The van der Waals surface area contributed by atoms with Crippen molar-refractivity contribution < 1.29 is 4.92 Å². The number of nitro groups is 1. The molecule has 0 N–H and O–H groups in total. The minimum absolute atomic E-state index is 0.0173. The Labute approximate surface area is 157 Å². The molecule has 2 rings (SSSR count). The normalized spacial score (nSPS) is 11.0. The first-order chi connectivity index (χ1) is 11.5. The maximum Gasteiger partial charge on any atom is 0.271 e. The molecule has 0 saturated heterocycles. The molecule has 0 fully saturated rings. The van der Waals surface area contributed by atoms with E-state index in [0.717, 1.165) is 18.8 Å². The molecule has 0 aliphatic carbocycles. The van der Waals surface area contributed by atoms with Gasteiger partial charge in [0.1, 0.15) is 5.69 Å². The lowest BCUT2D eigenvalue weighted by atomic mass is 10.2. The minimum atomic E-state index is -0.456. The van der Waals surface area contributed by atoms with E-state index >= 15 is 0 Å². The Morgan fingerprint density at radius 2 is 1.58 bits per heavy atom. The molecule has 0 radical (unpaired) electrons. The lowest BCUT2D eigenvalue weighted by Gasteiger charge is -2.20. The fraction of sp³-hybridized carbons (Fsp3) is 0.250. The van der Waals surface area contributed by atoms with Gasteiger partial charge in [-0.25, -0.2) is 0 Å². The van der Waals surface area contributed by atoms with Crippen LogP contribution in [0.4, 0.5) is 22.7 Å². The largest absolute Gasteiger partial charge is 0.372 e. The highest BCUT2D eigenvalue weighted by atomic mass is 79.9. The van der Waals surface area contributed by atoms with E-state index in [2.05, 4.69) is 60.8 Å². The van der Waals surface area contributed by atoms with Gasteiger partial charge in [0.05, 0.1) is 19.6 Å². The van der Waals surface area contributed by atoms with Gasteiger partial charge in [0.25, 0.3) is 5.69 Å². The third-order valence-corrected chi connectivity index (χ3v) is 4.67. The minimum Gasteiger partial charge on any atom is -0.372 e. The highest BCUT2D eigenvalue weighted by Gasteiger charge is 2.13. The summed E-state index contributed by atoms with van der Waals surface area (Å²) in [5, 5.41) is 19.2. The average molecular weight is 456 g/mol. The van der Waals surface area contributed by atoms with Gasteiger partial charge in [-0.15, -0.1) is 5.11 Å². The highest BCUT2D eigenvalue weighted by molar-refractivity contribution is 9.11. The van der Waals surface area contributed by atoms with Gasteiger partial charge in [0.2, 0.25) is 0 Å². The second-order valence-electron chi connectivity index (χ2n) is 4.90. The molecule has 24 heavy (non-hydrogen) atoms. The molecule has 0 spiro atoms. The van der Waals surface area contributed by atoms with Crippen molar-refractivity contribution in [2.75, 3.05) is 18.0 Å². The molecule has 2 aromatic carbocycles. The topological polar surface area (TPSA) is 71.1 Å². The van der Waals surface area contributed by atoms with Crippen LogP contribution in [-0.4, -0.2) is 18.0 Å². The van der Waals surface area contributed by atoms with Crippen molar-refractivity contribution >= 4 is 54.6 Å². The zero-order chi connectivity index (χ0) is 17.7. The number of hydrogen-bond acceptors (Lipinski definition) is 5. The second-order valence-corrected chi connectivity index (χ2v) is 6.61. The fourth-order valence-corrected chi connectivity index (χ4v) is 3.50. The molecule has 8 heteroatoms. The number of nitro benzene ring substituents is 1. The van der Waals surface area contributed by atoms with Crippen LogP contribution in [0, 0.1) is 10.1 Å². The number of halogens is 2. The van der Waals surface area contributed by atoms with Gasteiger partial charge in [0.15, 0.2) is 0 Å². The highest BCUT2D eigenvalue weighted by Crippen LogP contribution is 2.38. The molecular weight excluding hydrogens is 440 g/mol. The number of hydrogen-bond donors (Lipinski definition) is 0. The van der Waals surface area contributed by atoms with E-state index in [0.29, 0.717) is 20.3 Å². The molecular formula is C16H16Br2N4O2. The van der Waals surface area contributed by atoms with Crippen molar-refractivity contribution in [2.45, 2.75) is 13.8 Å². The summed E-state index contributed by atoms with van der Waals surface area (Å²) in [5.41, 5.74) is 2.34. The van der Waals surface area contributed by atoms with Crippen molar-refractivity contribution in [3.63, 3.8) is 0 Å². The Kier molecular flexibility index (Phi) is 6.44. The molecule has 6 nitrogen and oxygen atoms in total. The van der Waals surface area contributed by atoms with Crippen LogP contribution >= 0.6 is 31.9 Å². The summed E-state index contributed by atoms with van der Waals surface area (Å²) in [6.45, 7) is 6.11. The van der Waals surface area contributed by atoms with Crippen molar-refractivity contribution in [3.05, 3.63) is 55.5 Å². The molecule has 2 aromatic rings. The van der Waals surface area contributed by atoms with Crippen molar-refractivity contribution in [2.24, 2.45) is 10.2 Å². The van der Waals surface area contributed by atoms with Gasteiger partial charge in [-0.1, -0.05) is 0 Å². The van der Waals surface area contributed by atoms with E-state index < -0.39 is 4.92 Å². The Balaban J connectivity index is 2.24. The van der Waals surface area contributed by atoms with Crippen LogP contribution in [0.25, 0.3) is 0 Å². The van der Waals surface area contributed by atoms with Crippen LogP contribution < -0.4 is 4.90 Å². The van der Waals surface area contributed by atoms with Crippen LogP contribution in [-0.2, 0) is 0 Å². The molecule has 0 bridgehead atoms. The molecule has 0 aliphatic heterocycles. The van der Waals surface area contributed by atoms with Crippen LogP contribution in [0.3, 0.4) is 0 Å². The summed E-state index contributed by atoms with van der Waals surface area (Å²) >= 11 is 6.59. The first-order valence-electron chi connectivity index (χ1n) is 7.36. The number of rotatable bonds is 6. The summed E-state index contributed by atoms with van der Waals surface area (Å²) in [5.74, 6) is 0. The average Bonchev–Trinajstić information content (AvgIpc) is 2.56. The molecule has 0 saturated carbocycles. The van der Waals surface area contributed by atoms with Gasteiger partial charge in [-0.3, -0.25) is 10.1 Å². The Morgan fingerprint density at radius 3 is 2.04 bits per heavy atom. The second kappa shape index (κ2) is 8.34. The van der Waals surface area contributed by atoms with Crippen LogP contribution in [0.1, 0.15) is 13.8 Å². The van der Waals surface area contributed by atoms with Crippen molar-refractivity contribution in [1.82, 2.24) is 0 Å². The Hall–Kier alpha value is -1.80. The van der Waals surface area contributed by atoms with Crippen LogP contribution in [0.2, 0.25) is 0 Å². The summed E-state index contributed by atoms with van der Waals surface area (Å²) < 4.78 is 1.01. The smallest absolute Gasteiger partial charge is 0.271 e. The van der Waals surface area contributed by atoms with Crippen LogP contribution in [0.5, 0.6) is 0 Å². The molecule has 126 valence electrons. The van der Waals surface area contributed by atoms with Gasteiger partial charge in [-0.2, -0.15) is 5.11 Å². The molecule has 0 amide bonds. The van der Waals surface area contributed by atoms with E-state index in [1.165, 1.54) is 12.1 Å². The Bertz CT molecular complexity index is 736. The van der Waals surface area contributed by atoms with Gasteiger partial charge in [-0.05, 0) is 70.0 Å². The standard InChI is InChI=1S/C16H16Br2N4O2/c1-3-21(4-2)12-7-5-11(6-8-12)19-20-16-14(17)9-13(22(23)24)10-15(16)18/h5-10H,3-4H2,1-2H3. The number of anilines is 1.